The third kappa shape index (κ3) is 2.79. The number of rotatable bonds is 2. The van der Waals surface area contributed by atoms with E-state index in [9.17, 15) is 9.59 Å². The zero-order valence-electron chi connectivity index (χ0n) is 9.47. The maximum absolute atomic E-state index is 12.1. The van der Waals surface area contributed by atoms with E-state index in [1.165, 1.54) is 4.90 Å². The molecule has 1 aliphatic heterocycles. The lowest BCUT2D eigenvalue weighted by Crippen LogP contribution is -2.52. The summed E-state index contributed by atoms with van der Waals surface area (Å²) in [6.45, 7) is 0.561. The molecule has 0 bridgehead atoms. The van der Waals surface area contributed by atoms with Gasteiger partial charge in [0.2, 0.25) is 0 Å². The highest BCUT2D eigenvalue weighted by Gasteiger charge is 2.31. The Morgan fingerprint density at radius 3 is 2.94 bits per heavy atom. The van der Waals surface area contributed by atoms with Crippen LogP contribution in [0.3, 0.4) is 0 Å². The topological polar surface area (TPSA) is 82.5 Å². The Kier molecular flexibility index (Phi) is 3.81. The van der Waals surface area contributed by atoms with Crippen LogP contribution in [0.5, 0.6) is 0 Å². The number of anilines is 1. The van der Waals surface area contributed by atoms with Crippen LogP contribution >= 0.6 is 15.9 Å². The number of aromatic nitrogens is 1. The van der Waals surface area contributed by atoms with Crippen LogP contribution < -0.4 is 10.2 Å². The molecular weight excluding hydrogens is 302 g/mol. The van der Waals surface area contributed by atoms with Crippen molar-refractivity contribution in [3.8, 4) is 0 Å². The summed E-state index contributed by atoms with van der Waals surface area (Å²) in [5.41, 5.74) is 0. The van der Waals surface area contributed by atoms with E-state index in [0.29, 0.717) is 18.8 Å². The summed E-state index contributed by atoms with van der Waals surface area (Å²) < 4.78 is 0.830. The molecule has 0 saturated carbocycles. The quantitative estimate of drug-likeness (QED) is 0.869. The van der Waals surface area contributed by atoms with Crippen molar-refractivity contribution in [3.63, 3.8) is 0 Å². The number of nitrogens with zero attached hydrogens (tertiary/aromatic N) is 2. The number of carbonyl (C=O) groups excluding carboxylic acids is 1. The van der Waals surface area contributed by atoms with Gasteiger partial charge in [0.1, 0.15) is 11.9 Å². The molecule has 0 aromatic carbocycles. The molecule has 18 heavy (non-hydrogen) atoms. The molecule has 0 aliphatic carbocycles. The molecule has 1 atom stereocenters. The fraction of sp³-hybridized carbons (Fsp3) is 0.364. The predicted molar refractivity (Wildman–Crippen MR) is 68.5 cm³/mol. The Bertz CT molecular complexity index is 463. The van der Waals surface area contributed by atoms with Crippen molar-refractivity contribution in [2.24, 2.45) is 0 Å². The second kappa shape index (κ2) is 5.34. The largest absolute Gasteiger partial charge is 0.465 e. The number of piperidine rings is 1. The van der Waals surface area contributed by atoms with Crippen LogP contribution in [0.4, 0.5) is 10.6 Å². The van der Waals surface area contributed by atoms with Crippen molar-refractivity contribution in [1.82, 2.24) is 10.3 Å². The smallest absolute Gasteiger partial charge is 0.405 e. The summed E-state index contributed by atoms with van der Waals surface area (Å²) in [7, 11) is 0. The van der Waals surface area contributed by atoms with Crippen molar-refractivity contribution in [1.29, 1.82) is 0 Å². The zero-order chi connectivity index (χ0) is 13.1. The minimum atomic E-state index is -1.18. The van der Waals surface area contributed by atoms with Crippen molar-refractivity contribution in [2.45, 2.75) is 18.9 Å². The molecule has 1 saturated heterocycles. The molecule has 1 aliphatic rings. The van der Waals surface area contributed by atoms with E-state index < -0.39 is 12.1 Å². The summed E-state index contributed by atoms with van der Waals surface area (Å²) in [6, 6.07) is 2.84. The number of halogens is 1. The van der Waals surface area contributed by atoms with Crippen LogP contribution in [0.15, 0.2) is 22.8 Å². The molecule has 2 rings (SSSR count). The Hall–Kier alpha value is -1.63. The fourth-order valence-corrected chi connectivity index (χ4v) is 2.15. The molecule has 7 heteroatoms. The van der Waals surface area contributed by atoms with E-state index in [0.717, 1.165) is 10.9 Å². The minimum absolute atomic E-state index is 0.251. The van der Waals surface area contributed by atoms with Crippen molar-refractivity contribution < 1.29 is 14.7 Å². The summed E-state index contributed by atoms with van der Waals surface area (Å²) in [4.78, 5) is 28.4. The second-order valence-electron chi connectivity index (χ2n) is 3.97. The molecule has 2 amide bonds. The molecule has 1 fully saturated rings. The monoisotopic (exact) mass is 313 g/mol. The number of hydrogen-bond acceptors (Lipinski definition) is 3. The number of amides is 2. The highest BCUT2D eigenvalue weighted by molar-refractivity contribution is 9.10. The highest BCUT2D eigenvalue weighted by atomic mass is 79.9. The van der Waals surface area contributed by atoms with Crippen molar-refractivity contribution >= 4 is 33.7 Å². The molecule has 6 nitrogen and oxygen atoms in total. The van der Waals surface area contributed by atoms with E-state index in [-0.39, 0.29) is 5.91 Å². The molecule has 1 aromatic heterocycles. The van der Waals surface area contributed by atoms with Gasteiger partial charge in [0.05, 0.1) is 0 Å². The van der Waals surface area contributed by atoms with Crippen LogP contribution in [-0.2, 0) is 4.79 Å². The van der Waals surface area contributed by atoms with Gasteiger partial charge in [0, 0.05) is 17.2 Å². The molecule has 2 heterocycles. The number of hydrogen-bond donors (Lipinski definition) is 2. The summed E-state index contributed by atoms with van der Waals surface area (Å²) in [5.74, 6) is 0.290. The number of carbonyl (C=O) groups is 2. The lowest BCUT2D eigenvalue weighted by molar-refractivity contribution is -0.121. The number of pyridine rings is 1. The van der Waals surface area contributed by atoms with Crippen LogP contribution in [0.2, 0.25) is 0 Å². The Morgan fingerprint density at radius 2 is 2.33 bits per heavy atom. The first-order valence-corrected chi connectivity index (χ1v) is 6.29. The summed E-state index contributed by atoms with van der Waals surface area (Å²) in [6.07, 6.45) is 1.70. The van der Waals surface area contributed by atoms with Gasteiger partial charge in [-0.1, -0.05) is 0 Å². The van der Waals surface area contributed by atoms with Crippen LogP contribution in [0.1, 0.15) is 12.8 Å². The predicted octanol–water partition coefficient (Wildman–Crippen LogP) is 1.61. The van der Waals surface area contributed by atoms with Gasteiger partial charge in [0.15, 0.2) is 0 Å². The van der Waals surface area contributed by atoms with E-state index in [4.69, 9.17) is 5.11 Å². The molecule has 96 valence electrons. The van der Waals surface area contributed by atoms with Crippen molar-refractivity contribution in [3.05, 3.63) is 22.8 Å². The standard InChI is InChI=1S/C11H12BrN3O3/c12-7-3-4-9(13-6-7)15-5-1-2-8(10(15)16)14-11(17)18/h3-4,6,8,14H,1-2,5H2,(H,17,18)/t8-/m1/s1. The lowest BCUT2D eigenvalue weighted by atomic mass is 10.1. The summed E-state index contributed by atoms with van der Waals surface area (Å²) >= 11 is 3.27. The maximum atomic E-state index is 12.1. The zero-order valence-corrected chi connectivity index (χ0v) is 11.1. The minimum Gasteiger partial charge on any atom is -0.465 e. The Morgan fingerprint density at radius 1 is 1.56 bits per heavy atom. The molecule has 0 unspecified atom stereocenters. The van der Waals surface area contributed by atoms with Gasteiger partial charge in [-0.25, -0.2) is 9.78 Å². The average molecular weight is 314 g/mol. The normalized spacial score (nSPS) is 19.7. The maximum Gasteiger partial charge on any atom is 0.405 e. The van der Waals surface area contributed by atoms with E-state index in [1.54, 1.807) is 18.3 Å². The van der Waals surface area contributed by atoms with Crippen molar-refractivity contribution in [2.75, 3.05) is 11.4 Å². The Labute approximate surface area is 112 Å². The third-order valence-electron chi connectivity index (χ3n) is 2.72. The van der Waals surface area contributed by atoms with Crippen LogP contribution in [0, 0.1) is 0 Å². The van der Waals surface area contributed by atoms with Gasteiger partial charge >= 0.3 is 6.09 Å². The van der Waals surface area contributed by atoms with Gasteiger partial charge in [-0.3, -0.25) is 9.69 Å². The first-order valence-electron chi connectivity index (χ1n) is 5.50. The number of carboxylic acid groups (broad SMARTS) is 1. The summed E-state index contributed by atoms with van der Waals surface area (Å²) in [5, 5.41) is 10.9. The first-order chi connectivity index (χ1) is 8.58. The van der Waals surface area contributed by atoms with Gasteiger partial charge in [-0.05, 0) is 40.9 Å². The van der Waals surface area contributed by atoms with Crippen LogP contribution in [0.25, 0.3) is 0 Å². The molecule has 1 aromatic rings. The Balaban J connectivity index is 2.15. The average Bonchev–Trinajstić information content (AvgIpc) is 2.33. The lowest BCUT2D eigenvalue weighted by Gasteiger charge is -2.31. The van der Waals surface area contributed by atoms with E-state index in [2.05, 4.69) is 26.2 Å². The highest BCUT2D eigenvalue weighted by Crippen LogP contribution is 2.20. The van der Waals surface area contributed by atoms with Gasteiger partial charge in [0.25, 0.3) is 5.91 Å². The van der Waals surface area contributed by atoms with Gasteiger partial charge in [-0.15, -0.1) is 0 Å². The SMILES string of the molecule is O=C(O)N[C@@H]1CCCN(c2ccc(Br)cn2)C1=O. The van der Waals surface area contributed by atoms with Gasteiger partial charge in [-0.2, -0.15) is 0 Å². The first kappa shape index (κ1) is 12.8. The van der Waals surface area contributed by atoms with Gasteiger partial charge < -0.3 is 10.4 Å². The molecule has 2 N–H and O–H groups in total. The van der Waals surface area contributed by atoms with E-state index in [1.807, 2.05) is 0 Å². The van der Waals surface area contributed by atoms with E-state index >= 15 is 0 Å². The number of nitrogens with one attached hydrogen (secondary N) is 1. The third-order valence-corrected chi connectivity index (χ3v) is 3.19. The molecular formula is C11H12BrN3O3. The second-order valence-corrected chi connectivity index (χ2v) is 4.88. The molecule has 0 spiro atoms. The van der Waals surface area contributed by atoms with Crippen LogP contribution in [-0.4, -0.2) is 34.7 Å². The molecule has 0 radical (unpaired) electrons. The fourth-order valence-electron chi connectivity index (χ4n) is 1.91.